The molecule has 0 bridgehead atoms. The van der Waals surface area contributed by atoms with E-state index in [1.807, 2.05) is 0 Å². The number of aromatic nitrogens is 1. The number of ether oxygens (including phenoxy) is 1. The number of alkyl halides is 3. The summed E-state index contributed by atoms with van der Waals surface area (Å²) in [6.07, 6.45) is -5.64. The molecule has 128 valence electrons. The predicted molar refractivity (Wildman–Crippen MR) is 82.0 cm³/mol. The lowest BCUT2D eigenvalue weighted by molar-refractivity contribution is -0.208. The van der Waals surface area contributed by atoms with Gasteiger partial charge in [0.15, 0.2) is 6.10 Å². The molecule has 0 saturated carbocycles. The molecule has 0 fully saturated rings. The summed E-state index contributed by atoms with van der Waals surface area (Å²) >= 11 is 1.19. The zero-order chi connectivity index (χ0) is 17.5. The monoisotopic (exact) mass is 359 g/mol. The highest BCUT2D eigenvalue weighted by atomic mass is 32.1. The maximum Gasteiger partial charge on any atom is 0.425 e. The van der Waals surface area contributed by atoms with Crippen molar-refractivity contribution in [1.29, 1.82) is 0 Å². The number of hydrogen-bond acceptors (Lipinski definition) is 5. The van der Waals surface area contributed by atoms with Gasteiger partial charge in [-0.1, -0.05) is 0 Å². The molecule has 0 saturated heterocycles. The fraction of sp³-hybridized carbons (Fsp3) is 0.333. The molecule has 9 heteroatoms. The first-order valence-corrected chi connectivity index (χ1v) is 7.85. The lowest BCUT2D eigenvalue weighted by Crippen LogP contribution is -2.45. The van der Waals surface area contributed by atoms with E-state index in [0.29, 0.717) is 10.4 Å². The first-order valence-electron chi connectivity index (χ1n) is 6.98. The Balaban J connectivity index is 1.97. The smallest absolute Gasteiger partial charge is 0.425 e. The minimum atomic E-state index is -4.54. The second kappa shape index (κ2) is 5.73. The van der Waals surface area contributed by atoms with Crippen LogP contribution in [-0.2, 0) is 10.3 Å². The summed E-state index contributed by atoms with van der Waals surface area (Å²) in [7, 11) is 0. The lowest BCUT2D eigenvalue weighted by Gasteiger charge is -2.34. The Kier molecular flexibility index (Phi) is 3.98. The molecule has 3 heterocycles. The van der Waals surface area contributed by atoms with Gasteiger partial charge >= 0.3 is 6.18 Å². The van der Waals surface area contributed by atoms with Gasteiger partial charge in [-0.15, -0.1) is 11.3 Å². The Morgan fingerprint density at radius 1 is 1.42 bits per heavy atom. The Bertz CT molecular complexity index is 789. The normalized spacial score (nSPS) is 24.4. The van der Waals surface area contributed by atoms with Crippen molar-refractivity contribution < 1.29 is 22.3 Å². The largest absolute Gasteiger partial charge is 0.452 e. The fourth-order valence-corrected chi connectivity index (χ4v) is 3.59. The van der Waals surface area contributed by atoms with Gasteiger partial charge in [0.25, 0.3) is 6.02 Å². The summed E-state index contributed by atoms with van der Waals surface area (Å²) in [6.45, 7) is 1.55. The van der Waals surface area contributed by atoms with Crippen LogP contribution >= 0.6 is 11.3 Å². The number of rotatable bonds is 2. The summed E-state index contributed by atoms with van der Waals surface area (Å²) in [5.41, 5.74) is 5.06. The predicted octanol–water partition coefficient (Wildman–Crippen LogP) is 3.83. The highest BCUT2D eigenvalue weighted by Crippen LogP contribution is 2.43. The van der Waals surface area contributed by atoms with E-state index in [1.54, 1.807) is 30.5 Å². The van der Waals surface area contributed by atoms with Crippen LogP contribution in [0.2, 0.25) is 0 Å². The van der Waals surface area contributed by atoms with E-state index in [9.17, 15) is 17.6 Å². The second-order valence-electron chi connectivity index (χ2n) is 5.62. The van der Waals surface area contributed by atoms with Gasteiger partial charge in [0.2, 0.25) is 5.95 Å². The Morgan fingerprint density at radius 2 is 2.17 bits per heavy atom. The first kappa shape index (κ1) is 16.7. The number of nitrogens with zero attached hydrogens (tertiary/aromatic N) is 2. The van der Waals surface area contributed by atoms with E-state index in [2.05, 4.69) is 14.7 Å². The molecule has 2 aromatic heterocycles. The molecule has 0 spiro atoms. The van der Waals surface area contributed by atoms with Crippen molar-refractivity contribution in [3.05, 3.63) is 40.6 Å². The Hall–Kier alpha value is -2.16. The number of hydrogen-bond donors (Lipinski definition) is 1. The number of halogens is 4. The summed E-state index contributed by atoms with van der Waals surface area (Å²) in [4.78, 5) is 8.17. The van der Waals surface area contributed by atoms with Crippen LogP contribution in [0.15, 0.2) is 34.8 Å². The van der Waals surface area contributed by atoms with Crippen molar-refractivity contribution >= 4 is 17.4 Å². The van der Waals surface area contributed by atoms with Crippen LogP contribution in [0.3, 0.4) is 0 Å². The number of pyridine rings is 1. The average molecular weight is 359 g/mol. The highest BCUT2D eigenvalue weighted by Gasteiger charge is 2.49. The third kappa shape index (κ3) is 3.08. The number of thiophene rings is 1. The van der Waals surface area contributed by atoms with Crippen molar-refractivity contribution in [2.24, 2.45) is 10.7 Å². The maximum absolute atomic E-state index is 13.8. The molecule has 4 nitrogen and oxygen atoms in total. The standard InChI is InChI=1S/C15H13F4N3OS/c1-14(6-10(15(17,18)19)23-13(20)22-14)11-5-8(7-24-11)9-3-2-4-21-12(9)16/h2-5,7,10H,6H2,1H3,(H2,20,22). The van der Waals surface area contributed by atoms with Crippen LogP contribution in [0.5, 0.6) is 0 Å². The quantitative estimate of drug-likeness (QED) is 0.655. The summed E-state index contributed by atoms with van der Waals surface area (Å²) in [6, 6.07) is 4.24. The molecule has 3 rings (SSSR count). The molecule has 0 radical (unpaired) electrons. The van der Waals surface area contributed by atoms with E-state index in [1.165, 1.54) is 17.5 Å². The third-order valence-electron chi connectivity index (χ3n) is 3.77. The van der Waals surface area contributed by atoms with Crippen LogP contribution in [0.1, 0.15) is 18.2 Å². The lowest BCUT2D eigenvalue weighted by atomic mass is 9.91. The summed E-state index contributed by atoms with van der Waals surface area (Å²) in [5, 5.41) is 1.66. The van der Waals surface area contributed by atoms with Crippen LogP contribution in [0, 0.1) is 5.95 Å². The van der Waals surface area contributed by atoms with Gasteiger partial charge in [-0.25, -0.2) is 9.98 Å². The molecule has 1 aliphatic heterocycles. The number of amidine groups is 1. The van der Waals surface area contributed by atoms with E-state index < -0.39 is 36.2 Å². The average Bonchev–Trinajstić information content (AvgIpc) is 2.96. The second-order valence-corrected chi connectivity index (χ2v) is 6.53. The molecule has 0 amide bonds. The Labute approximate surface area is 139 Å². The molecule has 1 aliphatic rings. The van der Waals surface area contributed by atoms with Crippen LogP contribution < -0.4 is 5.73 Å². The van der Waals surface area contributed by atoms with Crippen LogP contribution in [-0.4, -0.2) is 23.3 Å². The maximum atomic E-state index is 13.8. The van der Waals surface area contributed by atoms with Crippen molar-refractivity contribution in [2.75, 3.05) is 0 Å². The highest BCUT2D eigenvalue weighted by molar-refractivity contribution is 7.10. The molecule has 24 heavy (non-hydrogen) atoms. The number of aliphatic imine (C=N–C) groups is 1. The van der Waals surface area contributed by atoms with E-state index in [-0.39, 0.29) is 5.56 Å². The van der Waals surface area contributed by atoms with Gasteiger partial charge in [-0.3, -0.25) is 0 Å². The van der Waals surface area contributed by atoms with Gasteiger partial charge in [-0.2, -0.15) is 17.6 Å². The molecule has 2 unspecified atom stereocenters. The van der Waals surface area contributed by atoms with Gasteiger partial charge < -0.3 is 10.5 Å². The Morgan fingerprint density at radius 3 is 2.83 bits per heavy atom. The van der Waals surface area contributed by atoms with E-state index in [4.69, 9.17) is 5.73 Å². The summed E-state index contributed by atoms with van der Waals surface area (Å²) < 4.78 is 57.4. The fourth-order valence-electron chi connectivity index (χ4n) is 2.56. The molecular weight excluding hydrogens is 346 g/mol. The molecule has 0 aromatic carbocycles. The van der Waals surface area contributed by atoms with E-state index in [0.717, 1.165) is 0 Å². The van der Waals surface area contributed by atoms with E-state index >= 15 is 0 Å². The van der Waals surface area contributed by atoms with Crippen molar-refractivity contribution in [3.63, 3.8) is 0 Å². The SMILES string of the molecule is CC1(c2cc(-c3cccnc3F)cs2)CC(C(F)(F)F)OC(N)=N1. The van der Waals surface area contributed by atoms with Crippen LogP contribution in [0.4, 0.5) is 17.6 Å². The summed E-state index contributed by atoms with van der Waals surface area (Å²) in [5.74, 6) is -0.643. The number of nitrogens with two attached hydrogens (primary N) is 1. The third-order valence-corrected chi connectivity index (χ3v) is 4.95. The van der Waals surface area contributed by atoms with Gasteiger partial charge in [0.05, 0.1) is 0 Å². The first-order chi connectivity index (χ1) is 11.2. The van der Waals surface area contributed by atoms with Crippen molar-refractivity contribution in [2.45, 2.75) is 31.2 Å². The zero-order valence-electron chi connectivity index (χ0n) is 12.5. The van der Waals surface area contributed by atoms with Gasteiger partial charge in [0, 0.05) is 23.1 Å². The molecule has 2 atom stereocenters. The molecular formula is C15H13F4N3OS. The topological polar surface area (TPSA) is 60.5 Å². The molecule has 2 N–H and O–H groups in total. The zero-order valence-corrected chi connectivity index (χ0v) is 13.3. The van der Waals surface area contributed by atoms with Gasteiger partial charge in [-0.05, 0) is 36.1 Å². The minimum absolute atomic E-state index is 0.278. The van der Waals surface area contributed by atoms with Gasteiger partial charge in [0.1, 0.15) is 5.54 Å². The van der Waals surface area contributed by atoms with Crippen LogP contribution in [0.25, 0.3) is 11.1 Å². The molecule has 2 aromatic rings. The van der Waals surface area contributed by atoms with Crippen molar-refractivity contribution in [1.82, 2.24) is 4.98 Å². The minimum Gasteiger partial charge on any atom is -0.452 e. The van der Waals surface area contributed by atoms with Crippen molar-refractivity contribution in [3.8, 4) is 11.1 Å². The molecule has 0 aliphatic carbocycles.